The molecule has 0 saturated carbocycles. The topological polar surface area (TPSA) is 51.2 Å². The number of carbonyl (C=O) groups excluding carboxylic acids is 3. The summed E-state index contributed by atoms with van der Waals surface area (Å²) in [5.74, 6) is 0.0222. The minimum Gasteiger partial charge on any atom is -0.295 e. The number of aryl methyl sites for hydroxylation is 1. The van der Waals surface area contributed by atoms with E-state index in [0.29, 0.717) is 22.3 Å². The van der Waals surface area contributed by atoms with Crippen LogP contribution in [0.2, 0.25) is 0 Å². The number of benzene rings is 3. The van der Waals surface area contributed by atoms with E-state index in [1.54, 1.807) is 37.3 Å². The second-order valence-electron chi connectivity index (χ2n) is 6.36. The molecule has 0 N–H and O–H groups in total. The summed E-state index contributed by atoms with van der Waals surface area (Å²) in [5, 5.41) is 0. The Kier molecular flexibility index (Phi) is 5.41. The third-order valence-electron chi connectivity index (χ3n) is 4.58. The van der Waals surface area contributed by atoms with E-state index >= 15 is 0 Å². The molecule has 0 fully saturated rings. The lowest BCUT2D eigenvalue weighted by Crippen LogP contribution is -2.20. The summed E-state index contributed by atoms with van der Waals surface area (Å²) in [4.78, 5) is 35.3. The van der Waals surface area contributed by atoms with Gasteiger partial charge in [0.25, 0.3) is 0 Å². The number of rotatable bonds is 2. The average molecular weight is 356 g/mol. The lowest BCUT2D eigenvalue weighted by atomic mass is 9.83. The van der Waals surface area contributed by atoms with Crippen LogP contribution in [0.5, 0.6) is 0 Å². The summed E-state index contributed by atoms with van der Waals surface area (Å²) in [5.41, 5.74) is 3.95. The van der Waals surface area contributed by atoms with Crippen LogP contribution < -0.4 is 0 Å². The maximum atomic E-state index is 12.4. The highest BCUT2D eigenvalue weighted by atomic mass is 16.1. The molecule has 0 unspecified atom stereocenters. The molecule has 27 heavy (non-hydrogen) atoms. The van der Waals surface area contributed by atoms with Crippen molar-refractivity contribution in [3.05, 3.63) is 106 Å². The van der Waals surface area contributed by atoms with Crippen molar-refractivity contribution in [3.63, 3.8) is 0 Å². The molecule has 3 heteroatoms. The molecule has 1 aliphatic rings. The van der Waals surface area contributed by atoms with Crippen LogP contribution in [0.3, 0.4) is 0 Å². The largest absolute Gasteiger partial charge is 0.295 e. The van der Waals surface area contributed by atoms with E-state index in [1.807, 2.05) is 49.4 Å². The number of Topliss-reactive ketones (excluding diaryl/α,β-unsaturated/α-hetero) is 1. The van der Waals surface area contributed by atoms with Gasteiger partial charge in [0.15, 0.2) is 17.3 Å². The standard InChI is InChI=1S/C16H12O2.C8H8O/c1-2-10-7-8-13-14(9-10)16(18)12-6-4-3-5-11(12)15(13)17;1-7(9)8-5-3-2-4-6-8/h3-9H,2H2,1H3;2-6H,1H3. The molecule has 4 rings (SSSR count). The van der Waals surface area contributed by atoms with Crippen LogP contribution in [0.4, 0.5) is 0 Å². The van der Waals surface area contributed by atoms with Crippen LogP contribution in [-0.4, -0.2) is 17.3 Å². The summed E-state index contributed by atoms with van der Waals surface area (Å²) in [6.45, 7) is 3.60. The van der Waals surface area contributed by atoms with Gasteiger partial charge in [-0.25, -0.2) is 0 Å². The minimum atomic E-state index is -0.0529. The Morgan fingerprint density at radius 3 is 1.74 bits per heavy atom. The molecule has 0 heterocycles. The van der Waals surface area contributed by atoms with E-state index in [4.69, 9.17) is 0 Å². The number of hydrogen-bond acceptors (Lipinski definition) is 3. The Balaban J connectivity index is 0.000000197. The molecule has 0 atom stereocenters. The van der Waals surface area contributed by atoms with E-state index in [9.17, 15) is 14.4 Å². The predicted octanol–water partition coefficient (Wildman–Crippen LogP) is 4.91. The van der Waals surface area contributed by atoms with E-state index in [-0.39, 0.29) is 17.3 Å². The second-order valence-corrected chi connectivity index (χ2v) is 6.36. The molecule has 0 aliphatic heterocycles. The SMILES string of the molecule is CC(=O)c1ccccc1.CCc1ccc2c(c1)C(=O)c1ccccc1C2=O. The molecule has 0 aromatic heterocycles. The fourth-order valence-electron chi connectivity index (χ4n) is 3.04. The molecule has 3 nitrogen and oxygen atoms in total. The smallest absolute Gasteiger partial charge is 0.194 e. The zero-order valence-corrected chi connectivity index (χ0v) is 15.4. The number of fused-ring (bicyclic) bond motifs is 2. The van der Waals surface area contributed by atoms with Crippen LogP contribution >= 0.6 is 0 Å². The zero-order valence-electron chi connectivity index (χ0n) is 15.4. The van der Waals surface area contributed by atoms with E-state index in [2.05, 4.69) is 0 Å². The van der Waals surface area contributed by atoms with Crippen molar-refractivity contribution in [2.24, 2.45) is 0 Å². The summed E-state index contributed by atoms with van der Waals surface area (Å²) in [6.07, 6.45) is 0.858. The Labute approximate surface area is 158 Å². The van der Waals surface area contributed by atoms with Crippen molar-refractivity contribution >= 4 is 17.3 Å². The molecule has 3 aromatic carbocycles. The van der Waals surface area contributed by atoms with Gasteiger partial charge in [-0.1, -0.05) is 73.7 Å². The van der Waals surface area contributed by atoms with Crippen molar-refractivity contribution < 1.29 is 14.4 Å². The maximum absolute atomic E-state index is 12.4. The van der Waals surface area contributed by atoms with Gasteiger partial charge < -0.3 is 0 Å². The van der Waals surface area contributed by atoms with Gasteiger partial charge in [-0.15, -0.1) is 0 Å². The van der Waals surface area contributed by atoms with Crippen LogP contribution in [0.25, 0.3) is 0 Å². The van der Waals surface area contributed by atoms with Crippen LogP contribution in [0.15, 0.2) is 72.8 Å². The molecule has 0 amide bonds. The average Bonchev–Trinajstić information content (AvgIpc) is 2.72. The fourth-order valence-corrected chi connectivity index (χ4v) is 3.04. The first-order chi connectivity index (χ1) is 13.0. The molecular weight excluding hydrogens is 336 g/mol. The van der Waals surface area contributed by atoms with Gasteiger partial charge in [0.2, 0.25) is 0 Å². The van der Waals surface area contributed by atoms with E-state index in [1.165, 1.54) is 0 Å². The zero-order chi connectivity index (χ0) is 19.4. The molecule has 0 saturated heterocycles. The lowest BCUT2D eigenvalue weighted by molar-refractivity contribution is 0.0979. The van der Waals surface area contributed by atoms with Gasteiger partial charge in [0.05, 0.1) is 0 Å². The van der Waals surface area contributed by atoms with Crippen molar-refractivity contribution in [3.8, 4) is 0 Å². The van der Waals surface area contributed by atoms with Crippen LogP contribution in [0.1, 0.15) is 61.6 Å². The molecule has 0 radical (unpaired) electrons. The molecule has 1 aliphatic carbocycles. The molecule has 134 valence electrons. The number of carbonyl (C=O) groups is 3. The molecular formula is C24H20O3. The van der Waals surface area contributed by atoms with Crippen molar-refractivity contribution in [2.45, 2.75) is 20.3 Å². The number of hydrogen-bond donors (Lipinski definition) is 0. The normalized spacial score (nSPS) is 11.8. The Bertz CT molecular complexity index is 1020. The second kappa shape index (κ2) is 7.92. The highest BCUT2D eigenvalue weighted by Crippen LogP contribution is 2.27. The van der Waals surface area contributed by atoms with Crippen molar-refractivity contribution in [1.82, 2.24) is 0 Å². The van der Waals surface area contributed by atoms with E-state index < -0.39 is 0 Å². The third kappa shape index (κ3) is 3.77. The first kappa shape index (κ1) is 18.5. The Morgan fingerprint density at radius 2 is 1.22 bits per heavy atom. The summed E-state index contributed by atoms with van der Waals surface area (Å²) >= 11 is 0. The fraction of sp³-hybridized carbons (Fsp3) is 0.125. The van der Waals surface area contributed by atoms with Crippen LogP contribution in [0, 0.1) is 0 Å². The van der Waals surface area contributed by atoms with E-state index in [0.717, 1.165) is 17.5 Å². The van der Waals surface area contributed by atoms with Gasteiger partial charge in [0, 0.05) is 27.8 Å². The summed E-state index contributed by atoms with van der Waals surface area (Å²) in [6, 6.07) is 21.8. The van der Waals surface area contributed by atoms with Crippen molar-refractivity contribution in [2.75, 3.05) is 0 Å². The monoisotopic (exact) mass is 356 g/mol. The van der Waals surface area contributed by atoms with Gasteiger partial charge >= 0.3 is 0 Å². The molecule has 0 bridgehead atoms. The lowest BCUT2D eigenvalue weighted by Gasteiger charge is -2.17. The highest BCUT2D eigenvalue weighted by molar-refractivity contribution is 6.28. The van der Waals surface area contributed by atoms with Gasteiger partial charge in [-0.2, -0.15) is 0 Å². The summed E-state index contributed by atoms with van der Waals surface area (Å²) in [7, 11) is 0. The maximum Gasteiger partial charge on any atom is 0.194 e. The van der Waals surface area contributed by atoms with Crippen molar-refractivity contribution in [1.29, 1.82) is 0 Å². The van der Waals surface area contributed by atoms with Crippen LogP contribution in [-0.2, 0) is 6.42 Å². The van der Waals surface area contributed by atoms with Gasteiger partial charge in [0.1, 0.15) is 0 Å². The Hall–Kier alpha value is -3.33. The summed E-state index contributed by atoms with van der Waals surface area (Å²) < 4.78 is 0. The first-order valence-corrected chi connectivity index (χ1v) is 8.90. The van der Waals surface area contributed by atoms with Gasteiger partial charge in [-0.3, -0.25) is 14.4 Å². The first-order valence-electron chi connectivity index (χ1n) is 8.90. The Morgan fingerprint density at radius 1 is 0.704 bits per heavy atom. The van der Waals surface area contributed by atoms with Gasteiger partial charge in [-0.05, 0) is 25.0 Å². The number of ketones is 3. The quantitative estimate of drug-likeness (QED) is 0.479. The molecule has 3 aromatic rings. The third-order valence-corrected chi connectivity index (χ3v) is 4.58. The predicted molar refractivity (Wildman–Crippen MR) is 106 cm³/mol. The minimum absolute atomic E-state index is 0.0458. The highest BCUT2D eigenvalue weighted by Gasteiger charge is 2.28. The molecule has 0 spiro atoms.